The minimum absolute atomic E-state index is 0.716. The number of hydrogen-bond donors (Lipinski definition) is 0. The maximum atomic E-state index is 3.73. The van der Waals surface area contributed by atoms with E-state index in [2.05, 4.69) is 72.5 Å². The van der Waals surface area contributed by atoms with Gasteiger partial charge >= 0.3 is 0 Å². The number of rotatable bonds is 5. The molecule has 1 aliphatic rings. The highest BCUT2D eigenvalue weighted by Crippen LogP contribution is 2.38. The van der Waals surface area contributed by atoms with E-state index in [4.69, 9.17) is 0 Å². The number of anilines is 1. The largest absolute Gasteiger partial charge is 0.362 e. The lowest BCUT2D eigenvalue weighted by Gasteiger charge is -2.25. The molecule has 0 bridgehead atoms. The number of thiophene rings is 1. The van der Waals surface area contributed by atoms with Gasteiger partial charge in [-0.05, 0) is 57.9 Å². The monoisotopic (exact) mass is 399 g/mol. The van der Waals surface area contributed by atoms with E-state index in [0.29, 0.717) is 6.04 Å². The molecule has 1 aliphatic carbocycles. The smallest absolute Gasteiger partial charge is 0.0526 e. The normalized spacial score (nSPS) is 14.6. The second-order valence-electron chi connectivity index (χ2n) is 4.86. The lowest BCUT2D eigenvalue weighted by molar-refractivity contribution is 0.801. The molecule has 1 aromatic heterocycles. The summed E-state index contributed by atoms with van der Waals surface area (Å²) in [5.41, 5.74) is 2.63. The highest BCUT2D eigenvalue weighted by molar-refractivity contribution is 9.10. The fourth-order valence-electron chi connectivity index (χ4n) is 2.23. The lowest BCUT2D eigenvalue weighted by Crippen LogP contribution is -2.24. The maximum absolute atomic E-state index is 3.73. The van der Waals surface area contributed by atoms with Crippen molar-refractivity contribution >= 4 is 48.9 Å². The van der Waals surface area contributed by atoms with Gasteiger partial charge in [0.15, 0.2) is 0 Å². The summed E-state index contributed by atoms with van der Waals surface area (Å²) in [5, 5.41) is 3.06. The van der Waals surface area contributed by atoms with Gasteiger partial charge in [0, 0.05) is 20.7 Å². The van der Waals surface area contributed by atoms with Crippen molar-refractivity contribution in [1.29, 1.82) is 0 Å². The minimum atomic E-state index is 0.716. The highest BCUT2D eigenvalue weighted by atomic mass is 79.9. The van der Waals surface area contributed by atoms with Crippen molar-refractivity contribution in [2.24, 2.45) is 0 Å². The summed E-state index contributed by atoms with van der Waals surface area (Å²) in [6, 6.07) is 11.7. The molecule has 4 heteroatoms. The summed E-state index contributed by atoms with van der Waals surface area (Å²) in [6.45, 7) is 1.02. The van der Waals surface area contributed by atoms with Gasteiger partial charge in [-0.25, -0.2) is 0 Å². The zero-order valence-corrected chi connectivity index (χ0v) is 14.5. The molecule has 1 saturated carbocycles. The molecule has 1 nitrogen and oxygen atoms in total. The average Bonchev–Trinajstić information content (AvgIpc) is 3.14. The van der Waals surface area contributed by atoms with Crippen LogP contribution in [0.5, 0.6) is 0 Å². The summed E-state index contributed by atoms with van der Waals surface area (Å²) in [6.07, 6.45) is 2.63. The van der Waals surface area contributed by atoms with Crippen molar-refractivity contribution in [3.8, 4) is 0 Å². The van der Waals surface area contributed by atoms with E-state index in [1.165, 1.54) is 33.4 Å². The van der Waals surface area contributed by atoms with Gasteiger partial charge in [0.2, 0.25) is 0 Å². The molecule has 19 heavy (non-hydrogen) atoms. The van der Waals surface area contributed by atoms with Gasteiger partial charge < -0.3 is 4.90 Å². The van der Waals surface area contributed by atoms with Gasteiger partial charge in [-0.2, -0.15) is 0 Å². The van der Waals surface area contributed by atoms with E-state index in [-0.39, 0.29) is 0 Å². The third-order valence-corrected chi connectivity index (χ3v) is 5.51. The van der Waals surface area contributed by atoms with Gasteiger partial charge in [-0.3, -0.25) is 0 Å². The van der Waals surface area contributed by atoms with E-state index in [9.17, 15) is 0 Å². The first kappa shape index (κ1) is 13.7. The summed E-state index contributed by atoms with van der Waals surface area (Å²) < 4.78 is 1.20. The van der Waals surface area contributed by atoms with Crippen molar-refractivity contribution in [2.45, 2.75) is 30.8 Å². The number of hydrogen-bond acceptors (Lipinski definition) is 2. The molecule has 0 amide bonds. The molecule has 0 spiro atoms. The second kappa shape index (κ2) is 5.98. The predicted octanol–water partition coefficient (Wildman–Crippen LogP) is 5.57. The third kappa shape index (κ3) is 3.23. The van der Waals surface area contributed by atoms with E-state index in [0.717, 1.165) is 11.9 Å². The van der Waals surface area contributed by atoms with Crippen LogP contribution in [0.25, 0.3) is 0 Å². The van der Waals surface area contributed by atoms with Gasteiger partial charge in [-0.15, -0.1) is 11.3 Å². The molecule has 100 valence electrons. The molecule has 0 radical (unpaired) electrons. The average molecular weight is 401 g/mol. The van der Waals surface area contributed by atoms with Crippen LogP contribution in [0, 0.1) is 0 Å². The zero-order chi connectivity index (χ0) is 13.2. The van der Waals surface area contributed by atoms with Crippen LogP contribution < -0.4 is 4.90 Å². The summed E-state index contributed by atoms with van der Waals surface area (Å²) >= 11 is 9.08. The summed E-state index contributed by atoms with van der Waals surface area (Å²) in [4.78, 5) is 3.97. The Balaban J connectivity index is 1.87. The molecule has 0 atom stereocenters. The van der Waals surface area contributed by atoms with E-state index in [1.807, 2.05) is 11.3 Å². The van der Waals surface area contributed by atoms with Crippen LogP contribution >= 0.6 is 43.2 Å². The van der Waals surface area contributed by atoms with Crippen LogP contribution in [-0.4, -0.2) is 6.04 Å². The van der Waals surface area contributed by atoms with Crippen LogP contribution in [0.1, 0.15) is 23.3 Å². The SMILES string of the molecule is BrCc1ccc(N(Cc2cccs2)C2CC2)c(Br)c1. The Morgan fingerprint density at radius 2 is 2.11 bits per heavy atom. The van der Waals surface area contributed by atoms with Crippen molar-refractivity contribution < 1.29 is 0 Å². The van der Waals surface area contributed by atoms with E-state index < -0.39 is 0 Å². The molecule has 3 rings (SSSR count). The van der Waals surface area contributed by atoms with Gasteiger partial charge in [0.05, 0.1) is 12.2 Å². The van der Waals surface area contributed by atoms with Crippen molar-refractivity contribution in [3.63, 3.8) is 0 Å². The van der Waals surface area contributed by atoms with Crippen LogP contribution in [0.4, 0.5) is 5.69 Å². The summed E-state index contributed by atoms with van der Waals surface area (Å²) in [5.74, 6) is 0. The van der Waals surface area contributed by atoms with E-state index in [1.54, 1.807) is 0 Å². The Morgan fingerprint density at radius 3 is 2.68 bits per heavy atom. The Bertz CT molecular complexity index is 549. The molecular formula is C15H15Br2NS. The first-order valence-corrected chi connectivity index (χ1v) is 9.21. The molecule has 0 N–H and O–H groups in total. The van der Waals surface area contributed by atoms with Crippen molar-refractivity contribution in [2.75, 3.05) is 4.90 Å². The van der Waals surface area contributed by atoms with Crippen molar-refractivity contribution in [3.05, 3.63) is 50.6 Å². The molecule has 0 unspecified atom stereocenters. The van der Waals surface area contributed by atoms with Gasteiger partial charge in [0.1, 0.15) is 0 Å². The lowest BCUT2D eigenvalue weighted by atomic mass is 10.2. The fourth-order valence-corrected chi connectivity index (χ4v) is 3.94. The van der Waals surface area contributed by atoms with Gasteiger partial charge in [0.25, 0.3) is 0 Å². The van der Waals surface area contributed by atoms with Gasteiger partial charge in [-0.1, -0.05) is 28.1 Å². The number of alkyl halides is 1. The predicted molar refractivity (Wildman–Crippen MR) is 90.3 cm³/mol. The Kier molecular flexibility index (Phi) is 4.30. The topological polar surface area (TPSA) is 3.24 Å². The van der Waals surface area contributed by atoms with E-state index >= 15 is 0 Å². The molecule has 0 saturated heterocycles. The van der Waals surface area contributed by atoms with Crippen molar-refractivity contribution in [1.82, 2.24) is 0 Å². The first-order chi connectivity index (χ1) is 9.28. The Morgan fingerprint density at radius 1 is 1.26 bits per heavy atom. The molecule has 1 heterocycles. The highest BCUT2D eigenvalue weighted by Gasteiger charge is 2.30. The van der Waals surface area contributed by atoms with Crippen LogP contribution in [0.3, 0.4) is 0 Å². The van der Waals surface area contributed by atoms with Crippen LogP contribution in [-0.2, 0) is 11.9 Å². The zero-order valence-electron chi connectivity index (χ0n) is 10.5. The van der Waals surface area contributed by atoms with Crippen LogP contribution in [0.2, 0.25) is 0 Å². The quantitative estimate of drug-likeness (QED) is 0.592. The molecule has 0 aliphatic heterocycles. The molecular weight excluding hydrogens is 386 g/mol. The molecule has 1 fully saturated rings. The number of benzene rings is 1. The Labute approximate surface area is 134 Å². The van der Waals surface area contributed by atoms with Crippen LogP contribution in [0.15, 0.2) is 40.2 Å². The maximum Gasteiger partial charge on any atom is 0.0526 e. The Hall–Kier alpha value is -0.320. The summed E-state index contributed by atoms with van der Waals surface area (Å²) in [7, 11) is 0. The molecule has 2 aromatic rings. The first-order valence-electron chi connectivity index (χ1n) is 6.41. The third-order valence-electron chi connectivity index (χ3n) is 3.37. The second-order valence-corrected chi connectivity index (χ2v) is 7.31. The number of halogens is 2. The number of nitrogens with zero attached hydrogens (tertiary/aromatic N) is 1. The molecule has 1 aromatic carbocycles. The standard InChI is InChI=1S/C15H15Br2NS/c16-9-11-3-6-15(14(17)8-11)18(12-4-5-12)10-13-2-1-7-19-13/h1-3,6-8,12H,4-5,9-10H2. The fraction of sp³-hybridized carbons (Fsp3) is 0.333. The minimum Gasteiger partial charge on any atom is -0.362 e.